The second-order valence-corrected chi connectivity index (χ2v) is 6.22. The number of hydrogen-bond acceptors (Lipinski definition) is 3. The smallest absolute Gasteiger partial charge is 0.252 e. The summed E-state index contributed by atoms with van der Waals surface area (Å²) < 4.78 is 23.8. The molecule has 2 N–H and O–H groups in total. The summed E-state index contributed by atoms with van der Waals surface area (Å²) in [6.07, 6.45) is 1.04. The second kappa shape index (κ2) is 6.38. The lowest BCUT2D eigenvalue weighted by Gasteiger charge is -2.07. The van der Waals surface area contributed by atoms with Crippen LogP contribution in [-0.2, 0) is 10.0 Å². The molecule has 0 unspecified atom stereocenters. The molecule has 1 amide bonds. The molecule has 18 heavy (non-hydrogen) atoms. The molecule has 0 aliphatic carbocycles. The van der Waals surface area contributed by atoms with E-state index in [0.717, 1.165) is 6.26 Å². The van der Waals surface area contributed by atoms with Crippen molar-refractivity contribution in [1.29, 1.82) is 0 Å². The van der Waals surface area contributed by atoms with Crippen LogP contribution in [-0.4, -0.2) is 33.7 Å². The van der Waals surface area contributed by atoms with E-state index in [1.165, 1.54) is 12.1 Å². The first-order chi connectivity index (χ1) is 8.29. The topological polar surface area (TPSA) is 75.3 Å². The predicted molar refractivity (Wildman–Crippen MR) is 71.6 cm³/mol. The molecule has 0 aliphatic rings. The van der Waals surface area contributed by atoms with E-state index >= 15 is 0 Å². The molecule has 1 aromatic carbocycles. The van der Waals surface area contributed by atoms with Crippen molar-refractivity contribution >= 4 is 39.1 Å². The van der Waals surface area contributed by atoms with Gasteiger partial charge < -0.3 is 5.32 Å². The molecule has 0 aliphatic heterocycles. The zero-order chi connectivity index (χ0) is 13.8. The SMILES string of the molecule is CS(=O)(=O)NCCNC(=O)c1cc(Cl)ccc1Cl. The highest BCUT2D eigenvalue weighted by atomic mass is 35.5. The van der Waals surface area contributed by atoms with E-state index in [4.69, 9.17) is 23.2 Å². The standard InChI is InChI=1S/C10H12Cl2N2O3S/c1-18(16,17)14-5-4-13-10(15)8-6-7(11)2-3-9(8)12/h2-3,6,14H,4-5H2,1H3,(H,13,15). The number of rotatable bonds is 5. The maximum Gasteiger partial charge on any atom is 0.252 e. The van der Waals surface area contributed by atoms with Gasteiger partial charge >= 0.3 is 0 Å². The van der Waals surface area contributed by atoms with Gasteiger partial charge in [0.25, 0.3) is 5.91 Å². The molecule has 1 rings (SSSR count). The number of carbonyl (C=O) groups excluding carboxylic acids is 1. The lowest BCUT2D eigenvalue weighted by Crippen LogP contribution is -2.34. The van der Waals surface area contributed by atoms with Crippen molar-refractivity contribution in [3.63, 3.8) is 0 Å². The minimum atomic E-state index is -3.25. The lowest BCUT2D eigenvalue weighted by molar-refractivity contribution is 0.0954. The van der Waals surface area contributed by atoms with Crippen molar-refractivity contribution in [1.82, 2.24) is 10.0 Å². The van der Waals surface area contributed by atoms with Gasteiger partial charge in [-0.2, -0.15) is 0 Å². The van der Waals surface area contributed by atoms with Crippen LogP contribution in [0.15, 0.2) is 18.2 Å². The molecule has 0 atom stereocenters. The molecular weight excluding hydrogens is 299 g/mol. The number of benzene rings is 1. The zero-order valence-electron chi connectivity index (χ0n) is 9.54. The Kier molecular flexibility index (Phi) is 5.40. The number of sulfonamides is 1. The third-order valence-electron chi connectivity index (χ3n) is 1.95. The normalized spacial score (nSPS) is 11.3. The summed E-state index contributed by atoms with van der Waals surface area (Å²) in [6.45, 7) is 0.275. The van der Waals surface area contributed by atoms with Crippen LogP contribution in [0.4, 0.5) is 0 Å². The Morgan fingerprint density at radius 1 is 1.28 bits per heavy atom. The highest BCUT2D eigenvalue weighted by Gasteiger charge is 2.10. The highest BCUT2D eigenvalue weighted by molar-refractivity contribution is 7.88. The second-order valence-electron chi connectivity index (χ2n) is 3.55. The summed E-state index contributed by atoms with van der Waals surface area (Å²) >= 11 is 11.6. The first-order valence-electron chi connectivity index (χ1n) is 4.97. The Morgan fingerprint density at radius 2 is 1.94 bits per heavy atom. The first kappa shape index (κ1) is 15.2. The molecule has 0 heterocycles. The van der Waals surface area contributed by atoms with Crippen LogP contribution in [0.3, 0.4) is 0 Å². The van der Waals surface area contributed by atoms with Crippen LogP contribution >= 0.6 is 23.2 Å². The third-order valence-corrected chi connectivity index (χ3v) is 3.24. The van der Waals surface area contributed by atoms with E-state index in [2.05, 4.69) is 10.0 Å². The molecule has 1 aromatic rings. The van der Waals surface area contributed by atoms with Gasteiger partial charge in [0.2, 0.25) is 10.0 Å². The van der Waals surface area contributed by atoms with Gasteiger partial charge in [-0.3, -0.25) is 4.79 Å². The van der Waals surface area contributed by atoms with Crippen LogP contribution in [0, 0.1) is 0 Å². The number of carbonyl (C=O) groups is 1. The fourth-order valence-corrected chi connectivity index (χ4v) is 2.03. The van der Waals surface area contributed by atoms with E-state index in [1.54, 1.807) is 6.07 Å². The molecular formula is C10H12Cl2N2O3S. The maximum atomic E-state index is 11.7. The zero-order valence-corrected chi connectivity index (χ0v) is 11.9. The molecule has 5 nitrogen and oxygen atoms in total. The van der Waals surface area contributed by atoms with Gasteiger partial charge in [-0.15, -0.1) is 0 Å². The predicted octanol–water partition coefficient (Wildman–Crippen LogP) is 1.27. The summed E-state index contributed by atoms with van der Waals surface area (Å²) in [6, 6.07) is 4.54. The Bertz CT molecular complexity index is 546. The van der Waals surface area contributed by atoms with E-state index in [9.17, 15) is 13.2 Å². The van der Waals surface area contributed by atoms with Crippen molar-refractivity contribution < 1.29 is 13.2 Å². The average Bonchev–Trinajstić information content (AvgIpc) is 2.26. The van der Waals surface area contributed by atoms with Gasteiger partial charge in [-0.1, -0.05) is 23.2 Å². The largest absolute Gasteiger partial charge is 0.351 e. The number of amides is 1. The van der Waals surface area contributed by atoms with E-state index in [1.807, 2.05) is 0 Å². The van der Waals surface area contributed by atoms with Crippen molar-refractivity contribution in [2.24, 2.45) is 0 Å². The molecule has 0 saturated carbocycles. The molecule has 0 bridgehead atoms. The Labute approximate surface area is 116 Å². The summed E-state index contributed by atoms with van der Waals surface area (Å²) in [5.41, 5.74) is 0.253. The van der Waals surface area contributed by atoms with E-state index < -0.39 is 15.9 Å². The Hall–Kier alpha value is -0.820. The summed E-state index contributed by atoms with van der Waals surface area (Å²) in [4.78, 5) is 11.7. The van der Waals surface area contributed by atoms with E-state index in [-0.39, 0.29) is 23.7 Å². The third kappa shape index (κ3) is 5.22. The van der Waals surface area contributed by atoms with Crippen molar-refractivity contribution in [3.05, 3.63) is 33.8 Å². The van der Waals surface area contributed by atoms with Gasteiger partial charge in [0.15, 0.2) is 0 Å². The van der Waals surface area contributed by atoms with Crippen molar-refractivity contribution in [2.75, 3.05) is 19.3 Å². The van der Waals surface area contributed by atoms with Crippen molar-refractivity contribution in [2.45, 2.75) is 0 Å². The molecule has 0 spiro atoms. The first-order valence-corrected chi connectivity index (χ1v) is 7.62. The molecule has 100 valence electrons. The quantitative estimate of drug-likeness (QED) is 0.804. The maximum absolute atomic E-state index is 11.7. The van der Waals surface area contributed by atoms with Crippen LogP contribution in [0.2, 0.25) is 10.0 Å². The highest BCUT2D eigenvalue weighted by Crippen LogP contribution is 2.20. The van der Waals surface area contributed by atoms with Crippen LogP contribution in [0.5, 0.6) is 0 Å². The fourth-order valence-electron chi connectivity index (χ4n) is 1.18. The number of hydrogen-bond donors (Lipinski definition) is 2. The number of halogens is 2. The van der Waals surface area contributed by atoms with Gasteiger partial charge in [0.05, 0.1) is 16.8 Å². The Morgan fingerprint density at radius 3 is 2.56 bits per heavy atom. The average molecular weight is 311 g/mol. The summed E-state index contributed by atoms with van der Waals surface area (Å²) in [7, 11) is -3.25. The van der Waals surface area contributed by atoms with Crippen LogP contribution < -0.4 is 10.0 Å². The van der Waals surface area contributed by atoms with Crippen LogP contribution in [0.25, 0.3) is 0 Å². The summed E-state index contributed by atoms with van der Waals surface area (Å²) in [5, 5.41) is 3.22. The molecule has 0 fully saturated rings. The minimum absolute atomic E-state index is 0.114. The minimum Gasteiger partial charge on any atom is -0.351 e. The lowest BCUT2D eigenvalue weighted by atomic mass is 10.2. The molecule has 0 radical (unpaired) electrons. The van der Waals surface area contributed by atoms with Crippen LogP contribution in [0.1, 0.15) is 10.4 Å². The van der Waals surface area contributed by atoms with Gasteiger partial charge in [0, 0.05) is 18.1 Å². The van der Waals surface area contributed by atoms with Gasteiger partial charge in [-0.05, 0) is 18.2 Å². The summed E-state index contributed by atoms with van der Waals surface area (Å²) in [5.74, 6) is -0.405. The number of nitrogens with one attached hydrogen (secondary N) is 2. The Balaban J connectivity index is 2.53. The molecule has 8 heteroatoms. The monoisotopic (exact) mass is 310 g/mol. The van der Waals surface area contributed by atoms with Gasteiger partial charge in [-0.25, -0.2) is 13.1 Å². The molecule has 0 saturated heterocycles. The van der Waals surface area contributed by atoms with Gasteiger partial charge in [0.1, 0.15) is 0 Å². The fraction of sp³-hybridized carbons (Fsp3) is 0.300. The van der Waals surface area contributed by atoms with E-state index in [0.29, 0.717) is 5.02 Å². The van der Waals surface area contributed by atoms with Crippen molar-refractivity contribution in [3.8, 4) is 0 Å². The molecule has 0 aromatic heterocycles.